The molecule has 2 aromatic carbocycles. The van der Waals surface area contributed by atoms with Crippen molar-refractivity contribution in [2.75, 3.05) is 17.7 Å². The smallest absolute Gasteiger partial charge is 0.248 e. The van der Waals surface area contributed by atoms with Gasteiger partial charge in [0.2, 0.25) is 5.91 Å². The summed E-state index contributed by atoms with van der Waals surface area (Å²) in [6.07, 6.45) is 1.38. The number of nitrogens with one attached hydrogen (secondary N) is 2. The van der Waals surface area contributed by atoms with Crippen LogP contribution in [0.5, 0.6) is 5.75 Å². The minimum absolute atomic E-state index is 0.156. The number of carbonyl (C=O) groups excluding carboxylic acids is 1. The lowest BCUT2D eigenvalue weighted by molar-refractivity contribution is -0.117. The highest BCUT2D eigenvalue weighted by molar-refractivity contribution is 5.95. The Balaban J connectivity index is 1.74. The first kappa shape index (κ1) is 19.5. The van der Waals surface area contributed by atoms with E-state index in [0.29, 0.717) is 18.0 Å². The van der Waals surface area contributed by atoms with E-state index in [2.05, 4.69) is 27.9 Å². The molecule has 0 aliphatic carbocycles. The Morgan fingerprint density at radius 1 is 1.18 bits per heavy atom. The van der Waals surface area contributed by atoms with Gasteiger partial charge in [0.15, 0.2) is 5.82 Å². The lowest BCUT2D eigenvalue weighted by Crippen LogP contribution is -2.34. The average Bonchev–Trinajstić information content (AvgIpc) is 3.11. The molecule has 3 aromatic rings. The maximum Gasteiger partial charge on any atom is 0.248 e. The quantitative estimate of drug-likeness (QED) is 0.606. The lowest BCUT2D eigenvalue weighted by atomic mass is 10.0. The molecular formula is C22H25N3O3. The third-order valence-electron chi connectivity index (χ3n) is 4.46. The van der Waals surface area contributed by atoms with E-state index in [1.807, 2.05) is 43.3 Å². The van der Waals surface area contributed by atoms with E-state index in [1.54, 1.807) is 20.1 Å². The molecule has 3 rings (SSSR count). The van der Waals surface area contributed by atoms with Crippen LogP contribution in [0.1, 0.15) is 30.2 Å². The number of aryl methyl sites for hydroxylation is 1. The second kappa shape index (κ2) is 9.08. The molecular weight excluding hydrogens is 354 g/mol. The van der Waals surface area contributed by atoms with E-state index < -0.39 is 6.04 Å². The Bertz CT molecular complexity index is 922. The summed E-state index contributed by atoms with van der Waals surface area (Å²) in [4.78, 5) is 12.6. The molecule has 6 nitrogen and oxygen atoms in total. The van der Waals surface area contributed by atoms with Crippen molar-refractivity contribution in [1.29, 1.82) is 0 Å². The van der Waals surface area contributed by atoms with Gasteiger partial charge in [0.1, 0.15) is 17.6 Å². The fraction of sp³-hybridized carbons (Fsp3) is 0.273. The zero-order chi connectivity index (χ0) is 19.9. The summed E-state index contributed by atoms with van der Waals surface area (Å²) in [6.45, 7) is 3.74. The van der Waals surface area contributed by atoms with E-state index >= 15 is 0 Å². The standard InChI is InChI=1S/C22H25N3O3/c1-4-19(22(26)24-21-12-15(2)28-25-21)23-18-10-11-20(27-3)17(14-18)13-16-8-6-5-7-9-16/h5-12,14,19,23H,4,13H2,1-3H3,(H,24,25,26). The number of nitrogens with zero attached hydrogens (tertiary/aromatic N) is 1. The highest BCUT2D eigenvalue weighted by Gasteiger charge is 2.18. The van der Waals surface area contributed by atoms with Gasteiger partial charge in [-0.3, -0.25) is 4.79 Å². The van der Waals surface area contributed by atoms with Gasteiger partial charge in [-0.25, -0.2) is 0 Å². The Labute approximate surface area is 164 Å². The molecule has 1 amide bonds. The van der Waals surface area contributed by atoms with E-state index in [-0.39, 0.29) is 5.91 Å². The first-order valence-corrected chi connectivity index (χ1v) is 9.30. The van der Waals surface area contributed by atoms with Gasteiger partial charge >= 0.3 is 0 Å². The van der Waals surface area contributed by atoms with Crippen molar-refractivity contribution in [3.8, 4) is 5.75 Å². The van der Waals surface area contributed by atoms with Crippen LogP contribution in [0.3, 0.4) is 0 Å². The topological polar surface area (TPSA) is 76.4 Å². The van der Waals surface area contributed by atoms with Crippen LogP contribution in [-0.2, 0) is 11.2 Å². The van der Waals surface area contributed by atoms with Gasteiger partial charge in [0.05, 0.1) is 7.11 Å². The Hall–Kier alpha value is -3.28. The second-order valence-electron chi connectivity index (χ2n) is 6.61. The average molecular weight is 379 g/mol. The molecule has 0 fully saturated rings. The molecule has 2 N–H and O–H groups in total. The SMILES string of the molecule is CCC(Nc1ccc(OC)c(Cc2ccccc2)c1)C(=O)Nc1cc(C)on1. The molecule has 0 aliphatic rings. The predicted octanol–water partition coefficient (Wildman–Crippen LogP) is 4.41. The number of hydrogen-bond donors (Lipinski definition) is 2. The molecule has 28 heavy (non-hydrogen) atoms. The zero-order valence-electron chi connectivity index (χ0n) is 16.4. The third-order valence-corrected chi connectivity index (χ3v) is 4.46. The number of rotatable bonds is 8. The van der Waals surface area contributed by atoms with Crippen molar-refractivity contribution in [3.05, 3.63) is 71.5 Å². The van der Waals surface area contributed by atoms with Crippen molar-refractivity contribution >= 4 is 17.4 Å². The predicted molar refractivity (Wildman–Crippen MR) is 110 cm³/mol. The van der Waals surface area contributed by atoms with Gasteiger partial charge in [0, 0.05) is 23.7 Å². The number of methoxy groups -OCH3 is 1. The van der Waals surface area contributed by atoms with Crippen molar-refractivity contribution in [2.24, 2.45) is 0 Å². The normalized spacial score (nSPS) is 11.7. The zero-order valence-corrected chi connectivity index (χ0v) is 16.4. The van der Waals surface area contributed by atoms with E-state index in [9.17, 15) is 4.79 Å². The number of benzene rings is 2. The molecule has 0 bridgehead atoms. The van der Waals surface area contributed by atoms with Gasteiger partial charge in [0.25, 0.3) is 0 Å². The maximum atomic E-state index is 12.6. The number of hydrogen-bond acceptors (Lipinski definition) is 5. The third kappa shape index (κ3) is 4.91. The van der Waals surface area contributed by atoms with Crippen molar-refractivity contribution < 1.29 is 14.1 Å². The lowest BCUT2D eigenvalue weighted by Gasteiger charge is -2.18. The minimum atomic E-state index is -0.394. The molecule has 1 aromatic heterocycles. The van der Waals surface area contributed by atoms with Gasteiger partial charge in [-0.2, -0.15) is 0 Å². The van der Waals surface area contributed by atoms with Gasteiger partial charge in [-0.05, 0) is 37.1 Å². The summed E-state index contributed by atoms with van der Waals surface area (Å²) in [6, 6.07) is 17.4. The number of ether oxygens (including phenoxy) is 1. The molecule has 0 spiro atoms. The molecule has 0 radical (unpaired) electrons. The largest absolute Gasteiger partial charge is 0.496 e. The Kier molecular flexibility index (Phi) is 6.32. The summed E-state index contributed by atoms with van der Waals surface area (Å²) in [7, 11) is 1.67. The van der Waals surface area contributed by atoms with Crippen LogP contribution in [0.2, 0.25) is 0 Å². The summed E-state index contributed by atoms with van der Waals surface area (Å²) in [5.74, 6) is 1.74. The summed E-state index contributed by atoms with van der Waals surface area (Å²) >= 11 is 0. The van der Waals surface area contributed by atoms with E-state index in [0.717, 1.165) is 23.4 Å². The monoisotopic (exact) mass is 379 g/mol. The summed E-state index contributed by atoms with van der Waals surface area (Å²) in [5, 5.41) is 9.90. The molecule has 1 unspecified atom stereocenters. The van der Waals surface area contributed by atoms with Gasteiger partial charge in [-0.15, -0.1) is 0 Å². The molecule has 0 saturated carbocycles. The highest BCUT2D eigenvalue weighted by Crippen LogP contribution is 2.26. The highest BCUT2D eigenvalue weighted by atomic mass is 16.5. The van der Waals surface area contributed by atoms with Gasteiger partial charge in [-0.1, -0.05) is 42.4 Å². The molecule has 146 valence electrons. The number of carbonyl (C=O) groups is 1. The first-order chi connectivity index (χ1) is 13.6. The number of anilines is 2. The second-order valence-corrected chi connectivity index (χ2v) is 6.61. The van der Waals surface area contributed by atoms with Crippen LogP contribution in [0.25, 0.3) is 0 Å². The molecule has 6 heteroatoms. The molecule has 1 atom stereocenters. The fourth-order valence-electron chi connectivity index (χ4n) is 3.02. The molecule has 0 saturated heterocycles. The summed E-state index contributed by atoms with van der Waals surface area (Å²) in [5.41, 5.74) is 3.12. The van der Waals surface area contributed by atoms with E-state index in [4.69, 9.17) is 9.26 Å². The van der Waals surface area contributed by atoms with Crippen molar-refractivity contribution in [2.45, 2.75) is 32.7 Å². The first-order valence-electron chi connectivity index (χ1n) is 9.30. The van der Waals surface area contributed by atoms with Crippen molar-refractivity contribution in [1.82, 2.24) is 5.16 Å². The van der Waals surface area contributed by atoms with Crippen LogP contribution >= 0.6 is 0 Å². The number of aromatic nitrogens is 1. The minimum Gasteiger partial charge on any atom is -0.496 e. The summed E-state index contributed by atoms with van der Waals surface area (Å²) < 4.78 is 10.5. The Morgan fingerprint density at radius 2 is 1.96 bits per heavy atom. The molecule has 1 heterocycles. The van der Waals surface area contributed by atoms with Crippen LogP contribution in [-0.4, -0.2) is 24.2 Å². The van der Waals surface area contributed by atoms with Crippen LogP contribution in [0, 0.1) is 6.92 Å². The maximum absolute atomic E-state index is 12.6. The van der Waals surface area contributed by atoms with Crippen LogP contribution < -0.4 is 15.4 Å². The van der Waals surface area contributed by atoms with Gasteiger partial charge < -0.3 is 19.9 Å². The fourth-order valence-corrected chi connectivity index (χ4v) is 3.02. The number of amides is 1. The molecule has 0 aliphatic heterocycles. The van der Waals surface area contributed by atoms with E-state index in [1.165, 1.54) is 5.56 Å². The van der Waals surface area contributed by atoms with Crippen LogP contribution in [0.4, 0.5) is 11.5 Å². The Morgan fingerprint density at radius 3 is 2.61 bits per heavy atom. The van der Waals surface area contributed by atoms with Crippen molar-refractivity contribution in [3.63, 3.8) is 0 Å². The van der Waals surface area contributed by atoms with Crippen LogP contribution in [0.15, 0.2) is 59.1 Å².